The summed E-state index contributed by atoms with van der Waals surface area (Å²) in [5, 5.41) is 0. The number of nitrogens with two attached hydrogens (primary N) is 1. The normalized spacial score (nSPS) is 15.9. The number of hydrogen-bond acceptors (Lipinski definition) is 2. The Balaban J connectivity index is 2.12. The second-order valence-electron chi connectivity index (χ2n) is 6.61. The summed E-state index contributed by atoms with van der Waals surface area (Å²) in [4.78, 5) is 12.9. The lowest BCUT2D eigenvalue weighted by molar-refractivity contribution is 0.659. The zero-order valence-corrected chi connectivity index (χ0v) is 13.8. The van der Waals surface area contributed by atoms with Crippen LogP contribution in [0.1, 0.15) is 58.4 Å². The van der Waals surface area contributed by atoms with E-state index in [0.29, 0.717) is 6.04 Å². The van der Waals surface area contributed by atoms with Crippen molar-refractivity contribution in [3.63, 3.8) is 0 Å². The number of nitrogens with zero attached hydrogens (tertiary/aromatic N) is 1. The first-order valence-electron chi connectivity index (χ1n) is 7.95. The van der Waals surface area contributed by atoms with Crippen LogP contribution in [0.5, 0.6) is 0 Å². The summed E-state index contributed by atoms with van der Waals surface area (Å²) in [6, 6.07) is 8.31. The maximum absolute atomic E-state index is 12.9. The molecule has 3 rings (SSSR count). The van der Waals surface area contributed by atoms with Crippen LogP contribution in [0.4, 0.5) is 0 Å². The summed E-state index contributed by atoms with van der Waals surface area (Å²) in [5.74, 6) is 0. The van der Waals surface area contributed by atoms with Crippen LogP contribution in [0.2, 0.25) is 0 Å². The Hall–Kier alpha value is -1.87. The van der Waals surface area contributed by atoms with Crippen molar-refractivity contribution < 1.29 is 0 Å². The van der Waals surface area contributed by atoms with Gasteiger partial charge in [0.05, 0.1) is 6.04 Å². The van der Waals surface area contributed by atoms with Crippen molar-refractivity contribution in [2.75, 3.05) is 0 Å². The molecule has 2 aromatic rings. The zero-order valence-electron chi connectivity index (χ0n) is 13.8. The van der Waals surface area contributed by atoms with Crippen molar-refractivity contribution in [1.82, 2.24) is 4.57 Å². The summed E-state index contributed by atoms with van der Waals surface area (Å²) in [7, 11) is 0. The lowest BCUT2D eigenvalue weighted by atomic mass is 9.94. The minimum Gasteiger partial charge on any atom is -0.320 e. The maximum atomic E-state index is 12.9. The van der Waals surface area contributed by atoms with Gasteiger partial charge < -0.3 is 10.3 Å². The van der Waals surface area contributed by atoms with Gasteiger partial charge in [0, 0.05) is 17.3 Å². The molecule has 0 aliphatic heterocycles. The van der Waals surface area contributed by atoms with Gasteiger partial charge in [-0.25, -0.2) is 0 Å². The van der Waals surface area contributed by atoms with Gasteiger partial charge in [0.1, 0.15) is 0 Å². The highest BCUT2D eigenvalue weighted by molar-refractivity contribution is 5.39. The van der Waals surface area contributed by atoms with Gasteiger partial charge in [0.15, 0.2) is 0 Å². The highest BCUT2D eigenvalue weighted by Gasteiger charge is 2.28. The highest BCUT2D eigenvalue weighted by atomic mass is 16.1. The molecule has 1 aliphatic carbocycles. The average Bonchev–Trinajstić information content (AvgIpc) is 3.25. The van der Waals surface area contributed by atoms with Crippen LogP contribution in [0.3, 0.4) is 0 Å². The fraction of sp³-hybridized carbons (Fsp3) is 0.421. The largest absolute Gasteiger partial charge is 0.320 e. The van der Waals surface area contributed by atoms with Crippen molar-refractivity contribution in [2.24, 2.45) is 5.73 Å². The van der Waals surface area contributed by atoms with Gasteiger partial charge in [-0.1, -0.05) is 18.2 Å². The predicted molar refractivity (Wildman–Crippen MR) is 90.4 cm³/mol. The Kier molecular flexibility index (Phi) is 3.69. The zero-order chi connectivity index (χ0) is 16.0. The highest BCUT2D eigenvalue weighted by Crippen LogP contribution is 2.35. The van der Waals surface area contributed by atoms with Gasteiger partial charge >= 0.3 is 0 Å². The molecule has 1 aliphatic rings. The standard InChI is InChI=1S/C19H24N2O/c1-11-5-6-15(10-12(11)2)18(20)17-13(3)9-14(4)21(19(17)22)16-7-8-16/h5-6,9-10,16,18H,7-8,20H2,1-4H3. The number of benzene rings is 1. The molecule has 1 fully saturated rings. The van der Waals surface area contributed by atoms with E-state index in [1.54, 1.807) is 0 Å². The van der Waals surface area contributed by atoms with E-state index in [2.05, 4.69) is 32.0 Å². The molecule has 1 aromatic carbocycles. The van der Waals surface area contributed by atoms with E-state index >= 15 is 0 Å². The van der Waals surface area contributed by atoms with Crippen LogP contribution >= 0.6 is 0 Å². The van der Waals surface area contributed by atoms with Gasteiger partial charge in [0.2, 0.25) is 0 Å². The number of pyridine rings is 1. The molecule has 1 heterocycles. The fourth-order valence-corrected chi connectivity index (χ4v) is 3.21. The first kappa shape index (κ1) is 15.0. The quantitative estimate of drug-likeness (QED) is 0.943. The molecule has 1 unspecified atom stereocenters. The van der Waals surface area contributed by atoms with E-state index in [-0.39, 0.29) is 11.6 Å². The molecule has 3 heteroatoms. The van der Waals surface area contributed by atoms with Crippen LogP contribution < -0.4 is 11.3 Å². The third-order valence-electron chi connectivity index (χ3n) is 4.79. The molecule has 2 N–H and O–H groups in total. The fourth-order valence-electron chi connectivity index (χ4n) is 3.21. The number of hydrogen-bond donors (Lipinski definition) is 1. The van der Waals surface area contributed by atoms with Crippen molar-refractivity contribution in [1.29, 1.82) is 0 Å². The number of rotatable bonds is 3. The molecule has 1 saturated carbocycles. The topological polar surface area (TPSA) is 48.0 Å². The second kappa shape index (κ2) is 5.40. The molecule has 116 valence electrons. The molecule has 1 atom stereocenters. The van der Waals surface area contributed by atoms with Crippen LogP contribution in [0.25, 0.3) is 0 Å². The molecule has 3 nitrogen and oxygen atoms in total. The summed E-state index contributed by atoms with van der Waals surface area (Å²) < 4.78 is 1.93. The van der Waals surface area contributed by atoms with E-state index in [1.807, 2.05) is 24.5 Å². The average molecular weight is 296 g/mol. The first-order chi connectivity index (χ1) is 10.4. The summed E-state index contributed by atoms with van der Waals surface area (Å²) in [6.07, 6.45) is 2.20. The third kappa shape index (κ3) is 2.50. The Morgan fingerprint density at radius 1 is 1.05 bits per heavy atom. The molecule has 0 saturated heterocycles. The van der Waals surface area contributed by atoms with E-state index < -0.39 is 0 Å². The lowest BCUT2D eigenvalue weighted by Crippen LogP contribution is -2.31. The van der Waals surface area contributed by atoms with Crippen molar-refractivity contribution in [3.8, 4) is 0 Å². The predicted octanol–water partition coefficient (Wildman–Crippen LogP) is 3.46. The van der Waals surface area contributed by atoms with E-state index in [0.717, 1.165) is 35.2 Å². The Morgan fingerprint density at radius 2 is 1.73 bits per heavy atom. The molecule has 0 spiro atoms. The molecule has 0 bridgehead atoms. The Labute approximate surface area is 131 Å². The SMILES string of the molecule is Cc1ccc(C(N)c2c(C)cc(C)n(C3CC3)c2=O)cc1C. The van der Waals surface area contributed by atoms with Gasteiger partial charge in [0.25, 0.3) is 5.56 Å². The minimum absolute atomic E-state index is 0.0886. The van der Waals surface area contributed by atoms with Crippen LogP contribution in [0, 0.1) is 27.7 Å². The summed E-state index contributed by atoms with van der Waals surface area (Å²) in [5.41, 5.74) is 12.8. The smallest absolute Gasteiger partial charge is 0.256 e. The van der Waals surface area contributed by atoms with Gasteiger partial charge in [-0.3, -0.25) is 4.79 Å². The van der Waals surface area contributed by atoms with Crippen LogP contribution in [-0.2, 0) is 0 Å². The molecular formula is C19H24N2O. The molecular weight excluding hydrogens is 272 g/mol. The molecule has 22 heavy (non-hydrogen) atoms. The van der Waals surface area contributed by atoms with Gasteiger partial charge in [-0.2, -0.15) is 0 Å². The number of aryl methyl sites for hydroxylation is 4. The first-order valence-corrected chi connectivity index (χ1v) is 7.95. The van der Waals surface area contributed by atoms with Crippen molar-refractivity contribution in [3.05, 3.63) is 68.1 Å². The Morgan fingerprint density at radius 3 is 2.32 bits per heavy atom. The van der Waals surface area contributed by atoms with Crippen LogP contribution in [-0.4, -0.2) is 4.57 Å². The monoisotopic (exact) mass is 296 g/mol. The Bertz CT molecular complexity index is 785. The summed E-state index contributed by atoms with van der Waals surface area (Å²) in [6.45, 7) is 8.16. The lowest BCUT2D eigenvalue weighted by Gasteiger charge is -2.19. The minimum atomic E-state index is -0.364. The maximum Gasteiger partial charge on any atom is 0.256 e. The van der Waals surface area contributed by atoms with E-state index in [1.165, 1.54) is 11.1 Å². The number of aromatic nitrogens is 1. The van der Waals surface area contributed by atoms with E-state index in [9.17, 15) is 4.79 Å². The molecule has 1 aromatic heterocycles. The molecule has 0 amide bonds. The van der Waals surface area contributed by atoms with Gasteiger partial charge in [-0.05, 0) is 68.9 Å². The van der Waals surface area contributed by atoms with E-state index in [4.69, 9.17) is 5.73 Å². The summed E-state index contributed by atoms with van der Waals surface area (Å²) >= 11 is 0. The molecule has 0 radical (unpaired) electrons. The second-order valence-corrected chi connectivity index (χ2v) is 6.61. The van der Waals surface area contributed by atoms with Gasteiger partial charge in [-0.15, -0.1) is 0 Å². The van der Waals surface area contributed by atoms with Crippen LogP contribution in [0.15, 0.2) is 29.1 Å². The third-order valence-corrected chi connectivity index (χ3v) is 4.79. The van der Waals surface area contributed by atoms with Crippen molar-refractivity contribution >= 4 is 0 Å². The van der Waals surface area contributed by atoms with Crippen molar-refractivity contribution in [2.45, 2.75) is 52.6 Å².